The van der Waals surface area contributed by atoms with E-state index in [4.69, 9.17) is 4.74 Å². The zero-order valence-corrected chi connectivity index (χ0v) is 14.4. The molecule has 0 aliphatic carbocycles. The van der Waals surface area contributed by atoms with Crippen molar-refractivity contribution >= 4 is 17.7 Å². The van der Waals surface area contributed by atoms with Crippen LogP contribution in [0.1, 0.15) is 30.6 Å². The molecule has 6 nitrogen and oxygen atoms in total. The summed E-state index contributed by atoms with van der Waals surface area (Å²) in [6, 6.07) is 6.44. The summed E-state index contributed by atoms with van der Waals surface area (Å²) in [7, 11) is 0. The minimum absolute atomic E-state index is 0.171. The zero-order valence-electron chi connectivity index (χ0n) is 14.4. The van der Waals surface area contributed by atoms with Gasteiger partial charge >= 0.3 is 6.09 Å². The highest BCUT2D eigenvalue weighted by atomic mass is 16.5. The van der Waals surface area contributed by atoms with E-state index in [9.17, 15) is 14.7 Å². The van der Waals surface area contributed by atoms with Gasteiger partial charge in [0.1, 0.15) is 6.10 Å². The van der Waals surface area contributed by atoms with E-state index in [0.717, 1.165) is 12.0 Å². The molecule has 2 unspecified atom stereocenters. The number of ether oxygens (including phenoxy) is 1. The van der Waals surface area contributed by atoms with Crippen molar-refractivity contribution in [3.8, 4) is 0 Å². The molecular weight excluding hydrogens is 320 g/mol. The first-order chi connectivity index (χ1) is 12.1. The maximum atomic E-state index is 13.0. The van der Waals surface area contributed by atoms with Gasteiger partial charge in [-0.3, -0.25) is 9.69 Å². The minimum Gasteiger partial charge on any atom is -0.465 e. The second-order valence-corrected chi connectivity index (χ2v) is 6.11. The standard InChI is InChI=1S/C19H22N2O4/c1-3-7-13-11-20-16(17(13)25-10-4-2)12-21(19(23)24)15-9-6-5-8-14(15)18(20)22/h3,5-9,11,16-17H,4,10,12H2,1-2H3,(H,23,24). The molecule has 0 radical (unpaired) electrons. The minimum atomic E-state index is -1.07. The third-order valence-corrected chi connectivity index (χ3v) is 4.44. The van der Waals surface area contributed by atoms with Gasteiger partial charge in [0.2, 0.25) is 0 Å². The number of hydrogen-bond donors (Lipinski definition) is 1. The SMILES string of the molecule is CC=CC1=CN2C(=O)c3ccccc3N(C(=O)O)CC2C1OCCC. The molecule has 0 saturated carbocycles. The number of carbonyl (C=O) groups is 2. The van der Waals surface area contributed by atoms with Gasteiger partial charge in [0.15, 0.2) is 0 Å². The summed E-state index contributed by atoms with van der Waals surface area (Å²) < 4.78 is 5.98. The van der Waals surface area contributed by atoms with Crippen LogP contribution in [0.4, 0.5) is 10.5 Å². The van der Waals surface area contributed by atoms with Crippen LogP contribution in [0, 0.1) is 0 Å². The quantitative estimate of drug-likeness (QED) is 0.912. The van der Waals surface area contributed by atoms with Crippen molar-refractivity contribution in [1.82, 2.24) is 4.90 Å². The zero-order chi connectivity index (χ0) is 18.0. The molecule has 0 fully saturated rings. The summed E-state index contributed by atoms with van der Waals surface area (Å²) in [5, 5.41) is 9.67. The maximum Gasteiger partial charge on any atom is 0.411 e. The van der Waals surface area contributed by atoms with Crippen molar-refractivity contribution in [3.63, 3.8) is 0 Å². The molecule has 0 saturated heterocycles. The van der Waals surface area contributed by atoms with E-state index >= 15 is 0 Å². The Labute approximate surface area is 147 Å². The molecule has 6 heteroatoms. The van der Waals surface area contributed by atoms with Gasteiger partial charge in [-0.05, 0) is 31.1 Å². The highest BCUT2D eigenvalue weighted by Gasteiger charge is 2.43. The van der Waals surface area contributed by atoms with Gasteiger partial charge < -0.3 is 14.7 Å². The average Bonchev–Trinajstić information content (AvgIpc) is 2.88. The van der Waals surface area contributed by atoms with Crippen LogP contribution in [0.5, 0.6) is 0 Å². The first kappa shape index (κ1) is 17.2. The summed E-state index contributed by atoms with van der Waals surface area (Å²) in [6.07, 6.45) is 5.04. The Morgan fingerprint density at radius 2 is 2.16 bits per heavy atom. The number of anilines is 1. The number of nitrogens with zero attached hydrogens (tertiary/aromatic N) is 2. The smallest absolute Gasteiger partial charge is 0.411 e. The van der Waals surface area contributed by atoms with Crippen LogP contribution in [0.15, 0.2) is 48.2 Å². The van der Waals surface area contributed by atoms with Crippen molar-refractivity contribution in [1.29, 1.82) is 0 Å². The van der Waals surface area contributed by atoms with Crippen molar-refractivity contribution in [2.24, 2.45) is 0 Å². The number of allylic oxidation sites excluding steroid dienone is 1. The van der Waals surface area contributed by atoms with Gasteiger partial charge in [-0.2, -0.15) is 0 Å². The first-order valence-electron chi connectivity index (χ1n) is 8.46. The molecule has 1 N–H and O–H groups in total. The molecule has 0 spiro atoms. The molecule has 1 aromatic rings. The third kappa shape index (κ3) is 3.05. The monoisotopic (exact) mass is 342 g/mol. The topological polar surface area (TPSA) is 70.1 Å². The molecule has 2 heterocycles. The molecule has 2 aliphatic heterocycles. The second-order valence-electron chi connectivity index (χ2n) is 6.11. The van der Waals surface area contributed by atoms with Crippen LogP contribution in [0.3, 0.4) is 0 Å². The van der Waals surface area contributed by atoms with Crippen molar-refractivity contribution < 1.29 is 19.4 Å². The molecule has 0 aromatic heterocycles. The molecule has 3 rings (SSSR count). The van der Waals surface area contributed by atoms with Crippen molar-refractivity contribution in [2.75, 3.05) is 18.1 Å². The Kier molecular flexibility index (Phi) is 4.90. The third-order valence-electron chi connectivity index (χ3n) is 4.44. The van der Waals surface area contributed by atoms with E-state index in [0.29, 0.717) is 17.9 Å². The highest BCUT2D eigenvalue weighted by molar-refractivity contribution is 6.05. The lowest BCUT2D eigenvalue weighted by molar-refractivity contribution is 0.0368. The summed E-state index contributed by atoms with van der Waals surface area (Å²) in [5.74, 6) is -0.200. The number of carbonyl (C=O) groups excluding carboxylic acids is 1. The van der Waals surface area contributed by atoms with Crippen molar-refractivity contribution in [2.45, 2.75) is 32.4 Å². The highest BCUT2D eigenvalue weighted by Crippen LogP contribution is 2.35. The number of para-hydroxylation sites is 1. The maximum absolute atomic E-state index is 13.0. The Hall–Kier alpha value is -2.60. The van der Waals surface area contributed by atoms with Crippen LogP contribution in [-0.2, 0) is 4.74 Å². The number of rotatable bonds is 4. The van der Waals surface area contributed by atoms with E-state index in [2.05, 4.69) is 0 Å². The lowest BCUT2D eigenvalue weighted by Crippen LogP contribution is -2.47. The van der Waals surface area contributed by atoms with E-state index in [1.807, 2.05) is 26.0 Å². The molecule has 132 valence electrons. The fraction of sp³-hybridized carbons (Fsp3) is 0.368. The lowest BCUT2D eigenvalue weighted by atomic mass is 10.1. The molecule has 1 aromatic carbocycles. The Balaban J connectivity index is 2.06. The average molecular weight is 342 g/mol. The summed E-state index contributed by atoms with van der Waals surface area (Å²) in [5.41, 5.74) is 1.70. The molecule has 2 aliphatic rings. The van der Waals surface area contributed by atoms with Crippen LogP contribution in [0.2, 0.25) is 0 Å². The molecule has 2 atom stereocenters. The summed E-state index contributed by atoms with van der Waals surface area (Å²) in [6.45, 7) is 4.65. The lowest BCUT2D eigenvalue weighted by Gasteiger charge is -2.29. The molecule has 2 amide bonds. The number of carboxylic acid groups (broad SMARTS) is 1. The fourth-order valence-electron chi connectivity index (χ4n) is 3.37. The van der Waals surface area contributed by atoms with Gasteiger partial charge in [0.05, 0.1) is 23.8 Å². The summed E-state index contributed by atoms with van der Waals surface area (Å²) >= 11 is 0. The van der Waals surface area contributed by atoms with Crippen LogP contribution in [0.25, 0.3) is 0 Å². The van der Waals surface area contributed by atoms with E-state index in [1.54, 1.807) is 35.4 Å². The van der Waals surface area contributed by atoms with Crippen LogP contribution < -0.4 is 4.90 Å². The Morgan fingerprint density at radius 3 is 2.84 bits per heavy atom. The van der Waals surface area contributed by atoms with Gasteiger partial charge in [-0.15, -0.1) is 0 Å². The fourth-order valence-corrected chi connectivity index (χ4v) is 3.37. The number of benzene rings is 1. The molecule has 25 heavy (non-hydrogen) atoms. The molecular formula is C19H22N2O4. The van der Waals surface area contributed by atoms with E-state index < -0.39 is 6.09 Å². The van der Waals surface area contributed by atoms with Gasteiger partial charge in [-0.25, -0.2) is 4.79 Å². The number of fused-ring (bicyclic) bond motifs is 2. The predicted octanol–water partition coefficient (Wildman–Crippen LogP) is 3.26. The van der Waals surface area contributed by atoms with Crippen molar-refractivity contribution in [3.05, 3.63) is 53.8 Å². The normalized spacial score (nSPS) is 22.6. The Morgan fingerprint density at radius 1 is 1.40 bits per heavy atom. The van der Waals surface area contributed by atoms with Crippen LogP contribution in [-0.4, -0.2) is 47.3 Å². The summed E-state index contributed by atoms with van der Waals surface area (Å²) in [4.78, 5) is 27.7. The van der Waals surface area contributed by atoms with Gasteiger partial charge in [0.25, 0.3) is 5.91 Å². The van der Waals surface area contributed by atoms with E-state index in [-0.39, 0.29) is 24.6 Å². The largest absolute Gasteiger partial charge is 0.465 e. The predicted molar refractivity (Wildman–Crippen MR) is 94.7 cm³/mol. The molecule has 0 bridgehead atoms. The van der Waals surface area contributed by atoms with Crippen LogP contribution >= 0.6 is 0 Å². The first-order valence-corrected chi connectivity index (χ1v) is 8.46. The number of hydrogen-bond acceptors (Lipinski definition) is 3. The number of amides is 2. The van der Waals surface area contributed by atoms with E-state index in [1.165, 1.54) is 4.90 Å². The van der Waals surface area contributed by atoms with Gasteiger partial charge in [0, 0.05) is 12.8 Å². The van der Waals surface area contributed by atoms with Gasteiger partial charge in [-0.1, -0.05) is 31.2 Å². The Bertz CT molecular complexity index is 741. The second kappa shape index (κ2) is 7.11.